The molecule has 0 spiro atoms. The van der Waals surface area contributed by atoms with E-state index in [1.807, 2.05) is 61.5 Å². The van der Waals surface area contributed by atoms with Gasteiger partial charge in [0.1, 0.15) is 5.69 Å². The van der Waals surface area contributed by atoms with Crippen molar-refractivity contribution in [2.75, 3.05) is 11.1 Å². The largest absolute Gasteiger partial charge is 0.325 e. The van der Waals surface area contributed by atoms with E-state index in [1.165, 1.54) is 0 Å². The molecule has 1 amide bonds. The topological polar surface area (TPSA) is 87.7 Å². The normalized spacial score (nSPS) is 10.6. The summed E-state index contributed by atoms with van der Waals surface area (Å²) in [5.74, 6) is -0.0161. The summed E-state index contributed by atoms with van der Waals surface area (Å²) >= 11 is 1.15. The Hall–Kier alpha value is -2.93. The van der Waals surface area contributed by atoms with Crippen molar-refractivity contribution in [1.82, 2.24) is 15.2 Å². The molecule has 0 fully saturated rings. The minimum atomic E-state index is -0.284. The highest BCUT2D eigenvalue weighted by molar-refractivity contribution is 7.99. The molecule has 1 heterocycles. The molecule has 27 heavy (non-hydrogen) atoms. The molecule has 3 aromatic rings. The van der Waals surface area contributed by atoms with Crippen molar-refractivity contribution in [2.24, 2.45) is 0 Å². The van der Waals surface area contributed by atoms with Gasteiger partial charge in [-0.15, -0.1) is 10.2 Å². The molecule has 0 saturated carbocycles. The SMILES string of the molecule is CCc1ccccc1NC(=O)CSc1nnc(Cc2ccccc2)c(=O)[nH]1. The van der Waals surface area contributed by atoms with Gasteiger partial charge in [0.2, 0.25) is 5.91 Å². The highest BCUT2D eigenvalue weighted by Gasteiger charge is 2.10. The van der Waals surface area contributed by atoms with E-state index in [4.69, 9.17) is 0 Å². The van der Waals surface area contributed by atoms with Gasteiger partial charge in [0.25, 0.3) is 5.56 Å². The number of amides is 1. The third-order valence-electron chi connectivity index (χ3n) is 3.97. The van der Waals surface area contributed by atoms with Gasteiger partial charge in [0.15, 0.2) is 5.16 Å². The Balaban J connectivity index is 1.59. The first-order valence-corrected chi connectivity index (χ1v) is 9.64. The van der Waals surface area contributed by atoms with Crippen molar-refractivity contribution >= 4 is 23.4 Å². The molecular formula is C20H20N4O2S. The molecule has 3 rings (SSSR count). The summed E-state index contributed by atoms with van der Waals surface area (Å²) in [6.07, 6.45) is 1.26. The van der Waals surface area contributed by atoms with Crippen molar-refractivity contribution in [3.63, 3.8) is 0 Å². The molecule has 2 N–H and O–H groups in total. The first-order valence-electron chi connectivity index (χ1n) is 8.66. The zero-order valence-corrected chi connectivity index (χ0v) is 15.8. The van der Waals surface area contributed by atoms with E-state index >= 15 is 0 Å². The van der Waals surface area contributed by atoms with Crippen LogP contribution in [0.5, 0.6) is 0 Å². The molecule has 0 radical (unpaired) electrons. The maximum atomic E-state index is 12.2. The van der Waals surface area contributed by atoms with Crippen LogP contribution in [0.25, 0.3) is 0 Å². The van der Waals surface area contributed by atoms with Gasteiger partial charge >= 0.3 is 0 Å². The number of aromatic amines is 1. The zero-order valence-electron chi connectivity index (χ0n) is 14.9. The lowest BCUT2D eigenvalue weighted by Crippen LogP contribution is -2.19. The van der Waals surface area contributed by atoms with Gasteiger partial charge < -0.3 is 5.32 Å². The van der Waals surface area contributed by atoms with Gasteiger partial charge in [-0.05, 0) is 23.6 Å². The first-order chi connectivity index (χ1) is 13.2. The molecule has 0 atom stereocenters. The van der Waals surface area contributed by atoms with Crippen LogP contribution < -0.4 is 10.9 Å². The van der Waals surface area contributed by atoms with Crippen molar-refractivity contribution in [2.45, 2.75) is 24.9 Å². The molecule has 6 nitrogen and oxygen atoms in total. The average molecular weight is 380 g/mol. The molecule has 2 aromatic carbocycles. The molecule has 0 aliphatic rings. The Morgan fingerprint density at radius 1 is 1.07 bits per heavy atom. The van der Waals surface area contributed by atoms with Crippen molar-refractivity contribution < 1.29 is 4.79 Å². The second-order valence-electron chi connectivity index (χ2n) is 5.92. The third kappa shape index (κ3) is 5.27. The molecule has 0 saturated heterocycles. The van der Waals surface area contributed by atoms with Crippen molar-refractivity contribution in [3.05, 3.63) is 81.8 Å². The molecule has 0 aliphatic carbocycles. The number of para-hydroxylation sites is 1. The fraction of sp³-hybridized carbons (Fsp3) is 0.200. The minimum absolute atomic E-state index is 0.140. The van der Waals surface area contributed by atoms with Crippen LogP contribution in [-0.2, 0) is 17.6 Å². The maximum Gasteiger partial charge on any atom is 0.273 e. The third-order valence-corrected chi connectivity index (χ3v) is 4.83. The number of H-pyrrole nitrogens is 1. The number of thioether (sulfide) groups is 1. The molecule has 0 unspecified atom stereocenters. The quantitative estimate of drug-likeness (QED) is 0.615. The molecule has 138 valence electrons. The summed E-state index contributed by atoms with van der Waals surface area (Å²) in [5.41, 5.74) is 2.95. The number of hydrogen-bond donors (Lipinski definition) is 2. The summed E-state index contributed by atoms with van der Waals surface area (Å²) in [6.45, 7) is 2.04. The Bertz CT molecular complexity index is 973. The van der Waals surface area contributed by atoms with Gasteiger partial charge in [-0.3, -0.25) is 14.6 Å². The van der Waals surface area contributed by atoms with E-state index in [0.717, 1.165) is 35.0 Å². The van der Waals surface area contributed by atoms with E-state index in [9.17, 15) is 9.59 Å². The van der Waals surface area contributed by atoms with Gasteiger partial charge in [0.05, 0.1) is 5.75 Å². The molecule has 0 aliphatic heterocycles. The zero-order chi connectivity index (χ0) is 19.1. The van der Waals surface area contributed by atoms with Crippen molar-refractivity contribution in [1.29, 1.82) is 0 Å². The lowest BCUT2D eigenvalue weighted by molar-refractivity contribution is -0.113. The van der Waals surface area contributed by atoms with E-state index in [0.29, 0.717) is 17.3 Å². The van der Waals surface area contributed by atoms with Crippen LogP contribution in [0.1, 0.15) is 23.7 Å². The number of rotatable bonds is 7. The van der Waals surface area contributed by atoms with Gasteiger partial charge in [-0.1, -0.05) is 67.2 Å². The number of aryl methyl sites for hydroxylation is 1. The minimum Gasteiger partial charge on any atom is -0.325 e. The smallest absolute Gasteiger partial charge is 0.273 e. The van der Waals surface area contributed by atoms with E-state index in [2.05, 4.69) is 20.5 Å². The van der Waals surface area contributed by atoms with Crippen LogP contribution >= 0.6 is 11.8 Å². The average Bonchev–Trinajstić information content (AvgIpc) is 2.69. The molecule has 0 bridgehead atoms. The number of aromatic nitrogens is 3. The van der Waals surface area contributed by atoms with Gasteiger partial charge in [0, 0.05) is 12.1 Å². The van der Waals surface area contributed by atoms with Crippen LogP contribution in [-0.4, -0.2) is 26.8 Å². The summed E-state index contributed by atoms with van der Waals surface area (Å²) in [7, 11) is 0. The Labute approximate surface area is 161 Å². The predicted octanol–water partition coefficient (Wildman–Crippen LogP) is 3.05. The van der Waals surface area contributed by atoms with Crippen LogP contribution in [0.15, 0.2) is 64.5 Å². The Morgan fingerprint density at radius 3 is 2.56 bits per heavy atom. The van der Waals surface area contributed by atoms with E-state index in [1.54, 1.807) is 0 Å². The van der Waals surface area contributed by atoms with Crippen LogP contribution in [0.3, 0.4) is 0 Å². The summed E-state index contributed by atoms with van der Waals surface area (Å²) < 4.78 is 0. The van der Waals surface area contributed by atoms with E-state index < -0.39 is 0 Å². The number of anilines is 1. The predicted molar refractivity (Wildman–Crippen MR) is 107 cm³/mol. The summed E-state index contributed by atoms with van der Waals surface area (Å²) in [5, 5.41) is 11.3. The number of nitrogens with zero attached hydrogens (tertiary/aromatic N) is 2. The summed E-state index contributed by atoms with van der Waals surface area (Å²) in [6, 6.07) is 17.3. The second-order valence-corrected chi connectivity index (χ2v) is 6.88. The van der Waals surface area contributed by atoms with Crippen LogP contribution in [0.2, 0.25) is 0 Å². The summed E-state index contributed by atoms with van der Waals surface area (Å²) in [4.78, 5) is 27.1. The number of benzene rings is 2. The number of nitrogens with one attached hydrogen (secondary N) is 2. The van der Waals surface area contributed by atoms with Crippen molar-refractivity contribution in [3.8, 4) is 0 Å². The molecule has 7 heteroatoms. The highest BCUT2D eigenvalue weighted by atomic mass is 32.2. The lowest BCUT2D eigenvalue weighted by atomic mass is 10.1. The first kappa shape index (κ1) is 18.8. The van der Waals surface area contributed by atoms with Crippen LogP contribution in [0.4, 0.5) is 5.69 Å². The highest BCUT2D eigenvalue weighted by Crippen LogP contribution is 2.17. The fourth-order valence-corrected chi connectivity index (χ4v) is 3.19. The van der Waals surface area contributed by atoms with Gasteiger partial charge in [-0.2, -0.15) is 0 Å². The standard InChI is InChI=1S/C20H20N4O2S/c1-2-15-10-6-7-11-16(15)21-18(25)13-27-20-22-19(26)17(23-24-20)12-14-8-4-3-5-9-14/h3-11H,2,12-13H2,1H3,(H,21,25)(H,22,24,26). The monoisotopic (exact) mass is 380 g/mol. The molecular weight excluding hydrogens is 360 g/mol. The van der Waals surface area contributed by atoms with Gasteiger partial charge in [-0.25, -0.2) is 0 Å². The Morgan fingerprint density at radius 2 is 1.81 bits per heavy atom. The molecule has 1 aromatic heterocycles. The number of carbonyl (C=O) groups is 1. The lowest BCUT2D eigenvalue weighted by Gasteiger charge is -2.09. The Kier molecular flexibility index (Phi) is 6.38. The number of hydrogen-bond acceptors (Lipinski definition) is 5. The fourth-order valence-electron chi connectivity index (χ4n) is 2.59. The number of carbonyl (C=O) groups excluding carboxylic acids is 1. The second kappa shape index (κ2) is 9.14. The van der Waals surface area contributed by atoms with Crippen LogP contribution in [0, 0.1) is 0 Å². The van der Waals surface area contributed by atoms with E-state index in [-0.39, 0.29) is 17.2 Å². The maximum absolute atomic E-state index is 12.2.